The molecule has 3 unspecified atom stereocenters. The molecule has 18 heteroatoms. The number of carbonyl (C=O) groups excluding carboxylic acids is 4. The third-order valence-electron chi connectivity index (χ3n) is 13.1. The van der Waals surface area contributed by atoms with E-state index >= 15 is 0 Å². The van der Waals surface area contributed by atoms with Gasteiger partial charge in [0.2, 0.25) is 11.8 Å². The van der Waals surface area contributed by atoms with Crippen LogP contribution in [0.3, 0.4) is 0 Å². The molecule has 2 amide bonds. The van der Waals surface area contributed by atoms with Crippen molar-refractivity contribution in [1.29, 1.82) is 0 Å². The van der Waals surface area contributed by atoms with Crippen molar-refractivity contribution in [2.24, 2.45) is 0 Å². The lowest BCUT2D eigenvalue weighted by Gasteiger charge is -2.39. The molecule has 1 rings (SSSR count). The van der Waals surface area contributed by atoms with Crippen molar-refractivity contribution >= 4 is 31.3 Å². The third-order valence-corrected chi connectivity index (χ3v) is 14.4. The summed E-state index contributed by atoms with van der Waals surface area (Å²) in [6.07, 6.45) is 33.5. The second-order valence-corrected chi connectivity index (χ2v) is 22.3. The second kappa shape index (κ2) is 48.4. The number of aliphatic hydroxyl groups is 4. The van der Waals surface area contributed by atoms with Gasteiger partial charge in [0.05, 0.1) is 26.4 Å². The van der Waals surface area contributed by atoms with E-state index in [1.165, 1.54) is 83.7 Å². The average Bonchev–Trinajstić information content (AvgIpc) is 3.39. The van der Waals surface area contributed by atoms with Crippen LogP contribution in [0, 0.1) is 0 Å². The first-order chi connectivity index (χ1) is 36.3. The van der Waals surface area contributed by atoms with E-state index in [0.717, 1.165) is 77.0 Å². The summed E-state index contributed by atoms with van der Waals surface area (Å²) in [5.74, 6) is -1.31. The maximum Gasteiger partial charge on any atom is 0.327 e. The summed E-state index contributed by atoms with van der Waals surface area (Å²) in [4.78, 5) is 50.3. The van der Waals surface area contributed by atoms with Crippen LogP contribution in [0.2, 0.25) is 0 Å². The maximum atomic E-state index is 13.2. The number of unbranched alkanes of at least 4 members (excludes halogenated alkanes) is 23. The Morgan fingerprint density at radius 1 is 0.533 bits per heavy atom. The molecule has 7 atom stereocenters. The molecule has 1 aliphatic rings. The third kappa shape index (κ3) is 41.1. The van der Waals surface area contributed by atoms with Crippen molar-refractivity contribution in [3.8, 4) is 0 Å². The van der Waals surface area contributed by atoms with E-state index in [2.05, 4.69) is 48.8 Å². The normalized spacial score (nSPS) is 19.1. The summed E-state index contributed by atoms with van der Waals surface area (Å²) in [5, 5.41) is 44.5. The van der Waals surface area contributed by atoms with Crippen LogP contribution < -0.4 is 10.6 Å². The van der Waals surface area contributed by atoms with Gasteiger partial charge in [-0.1, -0.05) is 141 Å². The molecule has 75 heavy (non-hydrogen) atoms. The molecule has 0 aromatic rings. The van der Waals surface area contributed by atoms with Crippen molar-refractivity contribution < 1.29 is 72.2 Å². The van der Waals surface area contributed by atoms with Crippen LogP contribution in [-0.4, -0.2) is 134 Å². The standard InChI is InChI=1S/C57H105N2O15P/c1-4-6-8-10-12-14-16-18-20-22-24-26-28-30-32-39-52(63)70-46-48(73-53(64)40-33-31-29-27-25-23-21-19-17-15-13-11-9-7-5-2)47-72-75(3,68)71-44-42-59-51(62)38-35-34-37-50(61)58-41-36-43-69-57-56(67)55(66)54(65)49(45-60)74-57/h18-21,48-49,54-57,60,65-67H,4-17,22-47H2,1-3H3,(H,58,61)(H,59,62)/b20-18+,21-19-/t48-,49?,54+,55+,56?,57-,75?/m1/s1. The van der Waals surface area contributed by atoms with Gasteiger partial charge >= 0.3 is 19.5 Å². The average molecular weight is 1090 g/mol. The van der Waals surface area contributed by atoms with Crippen LogP contribution in [0.5, 0.6) is 0 Å². The largest absolute Gasteiger partial charge is 0.462 e. The molecule has 0 aliphatic carbocycles. The summed E-state index contributed by atoms with van der Waals surface area (Å²) in [6, 6.07) is 0. The monoisotopic (exact) mass is 1090 g/mol. The van der Waals surface area contributed by atoms with Gasteiger partial charge in [-0.2, -0.15) is 0 Å². The fourth-order valence-corrected chi connectivity index (χ4v) is 9.34. The van der Waals surface area contributed by atoms with Gasteiger partial charge < -0.3 is 59.1 Å². The number of ether oxygens (including phenoxy) is 4. The van der Waals surface area contributed by atoms with Gasteiger partial charge in [0.25, 0.3) is 0 Å². The minimum absolute atomic E-state index is 0.0635. The summed E-state index contributed by atoms with van der Waals surface area (Å²) in [6.45, 7) is 4.99. The van der Waals surface area contributed by atoms with E-state index in [0.29, 0.717) is 32.1 Å². The van der Waals surface area contributed by atoms with E-state index in [9.17, 15) is 44.2 Å². The molecule has 6 N–H and O–H groups in total. The van der Waals surface area contributed by atoms with E-state index in [1.54, 1.807) is 0 Å². The summed E-state index contributed by atoms with van der Waals surface area (Å²) in [5.41, 5.74) is 0. The highest BCUT2D eigenvalue weighted by molar-refractivity contribution is 7.52. The second-order valence-electron chi connectivity index (χ2n) is 20.2. The molecule has 438 valence electrons. The molecule has 1 saturated heterocycles. The van der Waals surface area contributed by atoms with Crippen molar-refractivity contribution in [3.63, 3.8) is 0 Å². The smallest absolute Gasteiger partial charge is 0.327 e. The van der Waals surface area contributed by atoms with Crippen molar-refractivity contribution in [3.05, 3.63) is 24.3 Å². The minimum Gasteiger partial charge on any atom is -0.462 e. The highest BCUT2D eigenvalue weighted by Gasteiger charge is 2.44. The molecule has 0 aromatic heterocycles. The topological polar surface area (TPSA) is 246 Å². The molecule has 1 heterocycles. The highest BCUT2D eigenvalue weighted by Crippen LogP contribution is 2.43. The van der Waals surface area contributed by atoms with Crippen molar-refractivity contribution in [1.82, 2.24) is 10.6 Å². The zero-order chi connectivity index (χ0) is 55.0. The zero-order valence-electron chi connectivity index (χ0n) is 46.8. The molecule has 0 bridgehead atoms. The predicted octanol–water partition coefficient (Wildman–Crippen LogP) is 10.4. The quantitative estimate of drug-likeness (QED) is 0.0144. The van der Waals surface area contributed by atoms with Crippen LogP contribution in [0.4, 0.5) is 0 Å². The van der Waals surface area contributed by atoms with E-state index in [1.807, 2.05) is 0 Å². The van der Waals surface area contributed by atoms with Crippen molar-refractivity contribution in [2.45, 2.75) is 263 Å². The van der Waals surface area contributed by atoms with Crippen LogP contribution >= 0.6 is 7.60 Å². The zero-order valence-corrected chi connectivity index (χ0v) is 47.7. The Morgan fingerprint density at radius 2 is 0.987 bits per heavy atom. The minimum atomic E-state index is -3.66. The molecule has 0 saturated carbocycles. The molecular formula is C57H105N2O15P. The molecule has 1 fully saturated rings. The van der Waals surface area contributed by atoms with Gasteiger partial charge in [-0.3, -0.25) is 23.7 Å². The number of hydrogen-bond acceptors (Lipinski definition) is 15. The fourth-order valence-electron chi connectivity index (χ4n) is 8.41. The summed E-state index contributed by atoms with van der Waals surface area (Å²) < 4.78 is 46.2. The highest BCUT2D eigenvalue weighted by atomic mass is 31.2. The van der Waals surface area contributed by atoms with E-state index in [4.69, 9.17) is 28.0 Å². The lowest BCUT2D eigenvalue weighted by molar-refractivity contribution is -0.301. The van der Waals surface area contributed by atoms with Crippen molar-refractivity contribution in [2.75, 3.05) is 52.8 Å². The number of amides is 2. The molecular weight excluding hydrogens is 984 g/mol. The molecule has 17 nitrogen and oxygen atoms in total. The number of esters is 2. The number of rotatable bonds is 51. The summed E-state index contributed by atoms with van der Waals surface area (Å²) in [7, 11) is -3.66. The molecule has 0 aromatic carbocycles. The van der Waals surface area contributed by atoms with Gasteiger partial charge in [-0.25, -0.2) is 0 Å². The fraction of sp³-hybridized carbons (Fsp3) is 0.860. The molecule has 0 spiro atoms. The lowest BCUT2D eigenvalue weighted by atomic mass is 9.99. The Kier molecular flexibility index (Phi) is 45.4. The maximum absolute atomic E-state index is 13.2. The summed E-state index contributed by atoms with van der Waals surface area (Å²) >= 11 is 0. The van der Waals surface area contributed by atoms with Crippen LogP contribution in [-0.2, 0) is 51.7 Å². The number of nitrogens with one attached hydrogen (secondary N) is 2. The Morgan fingerprint density at radius 3 is 1.49 bits per heavy atom. The number of aliphatic hydroxyl groups excluding tert-OH is 4. The van der Waals surface area contributed by atoms with Gasteiger partial charge in [0.15, 0.2) is 12.4 Å². The van der Waals surface area contributed by atoms with Gasteiger partial charge in [-0.15, -0.1) is 0 Å². The Bertz CT molecular complexity index is 1530. The van der Waals surface area contributed by atoms with E-state index < -0.39 is 63.0 Å². The number of allylic oxidation sites excluding steroid dienone is 4. The Hall–Kier alpha value is -2.73. The predicted molar refractivity (Wildman–Crippen MR) is 294 cm³/mol. The first-order valence-corrected chi connectivity index (χ1v) is 31.3. The van der Waals surface area contributed by atoms with Gasteiger partial charge in [0, 0.05) is 45.4 Å². The van der Waals surface area contributed by atoms with Gasteiger partial charge in [0.1, 0.15) is 31.0 Å². The Balaban J connectivity index is 2.39. The lowest BCUT2D eigenvalue weighted by Crippen LogP contribution is -2.59. The van der Waals surface area contributed by atoms with Crippen LogP contribution in [0.15, 0.2) is 24.3 Å². The van der Waals surface area contributed by atoms with Crippen LogP contribution in [0.25, 0.3) is 0 Å². The molecule has 0 radical (unpaired) electrons. The Labute approximate surface area is 452 Å². The molecule has 1 aliphatic heterocycles. The number of carbonyl (C=O) groups is 4. The SMILES string of the molecule is CCCCCCCC/C=C\CCCCCCCC(=O)O[C@H](COC(=O)CCCCCCC/C=C/CCCCCCCC)COP(C)(=O)OCCNC(=O)CCCCC(=O)NCCCO[C@@H]1OC(CO)[C@H](O)[C@H](O)C1O. The number of hydrogen-bond donors (Lipinski definition) is 6. The van der Waals surface area contributed by atoms with Crippen LogP contribution in [0.1, 0.15) is 226 Å². The first kappa shape index (κ1) is 70.3. The first-order valence-electron chi connectivity index (χ1n) is 29.3. The van der Waals surface area contributed by atoms with Gasteiger partial charge in [-0.05, 0) is 83.5 Å². The van der Waals surface area contributed by atoms with E-state index in [-0.39, 0.29) is 77.0 Å².